The predicted molar refractivity (Wildman–Crippen MR) is 389 cm³/mol. The first-order chi connectivity index (χ1) is 40.9. The van der Waals surface area contributed by atoms with Gasteiger partial charge in [-0.1, -0.05) is 205 Å². The van der Waals surface area contributed by atoms with E-state index in [0.717, 1.165) is 162 Å². The molecule has 86 heavy (non-hydrogen) atoms. The zero-order chi connectivity index (χ0) is 66.9. The third-order valence-electron chi connectivity index (χ3n) is 9.38. The second-order valence-corrected chi connectivity index (χ2v) is 20.1. The van der Waals surface area contributed by atoms with Crippen molar-refractivity contribution >= 4 is 0 Å². The van der Waals surface area contributed by atoms with Crippen LogP contribution < -0.4 is 0 Å². The number of ether oxygens (including phenoxy) is 10. The maximum Gasteiger partial charge on any atom is 0.0725 e. The molecule has 2 atom stereocenters. The van der Waals surface area contributed by atoms with Crippen LogP contribution in [-0.4, -0.2) is 131 Å². The molecule has 518 valence electrons. The predicted octanol–water partition coefficient (Wildman–Crippen LogP) is 22.5. The second kappa shape index (κ2) is 116. The van der Waals surface area contributed by atoms with E-state index in [0.29, 0.717) is 19.8 Å². The summed E-state index contributed by atoms with van der Waals surface area (Å²) in [5.74, 6) is 0. The Kier molecular flexibility index (Phi) is 146. The second-order valence-electron chi connectivity index (χ2n) is 20.1. The first-order valence-electron chi connectivity index (χ1n) is 33.0. The average molecular weight is 1230 g/mol. The fourth-order valence-electron chi connectivity index (χ4n) is 4.36. The molecule has 0 aliphatic heterocycles. The molecule has 0 fully saturated rings. The molecule has 0 aliphatic rings. The number of allylic oxidation sites excluding steroid dienone is 4. The van der Waals surface area contributed by atoms with Crippen LogP contribution in [-0.2, 0) is 47.4 Å². The van der Waals surface area contributed by atoms with Gasteiger partial charge in [0.2, 0.25) is 0 Å². The van der Waals surface area contributed by atoms with Gasteiger partial charge in [-0.2, -0.15) is 0 Å². The third-order valence-corrected chi connectivity index (χ3v) is 9.38. The van der Waals surface area contributed by atoms with E-state index >= 15 is 0 Å². The average Bonchev–Trinajstić information content (AvgIpc) is 3.48. The standard InChI is InChI=1S/C9H18O.4C8H16O.4C7H14O.C6H12O.CH4/c1-4-5-7-10-8-6-9(2)3;1-4-6-9-7-5-8(2)3;1-4-5-6-9-7-8(2)3;1-4-6-7-9-8(3)5-2;1-3-5-7-9-8-6-4-2;1-4-5-8-6-7(2)3;1-4-6-8-7(3)5-2;2*1-3-5-7-8-6-4-2;1-3-5-7-6-4-2;/h6H,4-5,7-8H2,1-3H3;5H,4,6-7H2,1-3H3;2,4-7H2,1,3H3;5,8H,2,4,6-7H2,1,3H3;3,5H,4,6-8H2,1-2H3;2,4-6H2,1,3H3;5,7H,2,4,6H2,1,3H3;3,5H,4,6-7H2,1-2H3;4H,2-3,5-7H2,1H3;3H,1,4-6H2,2H3;1H4/b;;;;5-3+;;;5-3+;;;. The molecule has 0 N–H and O–H groups in total. The number of hydrogen-bond acceptors (Lipinski definition) is 10. The monoisotopic (exact) mass is 1230 g/mol. The van der Waals surface area contributed by atoms with Crippen LogP contribution in [0.15, 0.2) is 123 Å². The van der Waals surface area contributed by atoms with Gasteiger partial charge in [0.25, 0.3) is 0 Å². The Bertz CT molecular complexity index is 1310. The lowest BCUT2D eigenvalue weighted by Crippen LogP contribution is -2.04. The van der Waals surface area contributed by atoms with Crippen LogP contribution in [0.5, 0.6) is 0 Å². The topological polar surface area (TPSA) is 92.3 Å². The summed E-state index contributed by atoms with van der Waals surface area (Å²) in [5, 5.41) is 0. The summed E-state index contributed by atoms with van der Waals surface area (Å²) < 4.78 is 51.9. The van der Waals surface area contributed by atoms with Crippen LogP contribution in [0.25, 0.3) is 0 Å². The Balaban J connectivity index is -0.0000000807. The summed E-state index contributed by atoms with van der Waals surface area (Å²) in [4.78, 5) is 0. The highest BCUT2D eigenvalue weighted by Crippen LogP contribution is 1.96. The lowest BCUT2D eigenvalue weighted by atomic mass is 10.3. The highest BCUT2D eigenvalue weighted by Gasteiger charge is 1.93. The van der Waals surface area contributed by atoms with Crippen molar-refractivity contribution in [3.63, 3.8) is 0 Å². The van der Waals surface area contributed by atoms with Crippen LogP contribution in [0.1, 0.15) is 242 Å². The van der Waals surface area contributed by atoms with Crippen molar-refractivity contribution in [3.8, 4) is 0 Å². The molecule has 0 aromatic heterocycles. The van der Waals surface area contributed by atoms with Gasteiger partial charge in [-0.25, -0.2) is 0 Å². The maximum absolute atomic E-state index is 5.31. The molecule has 10 nitrogen and oxygen atoms in total. The number of unbranched alkanes of at least 4 members (excludes halogenated alkanes) is 5. The molecule has 0 heterocycles. The third kappa shape index (κ3) is 178. The fraction of sp³-hybridized carbons (Fsp3) is 0.737. The maximum atomic E-state index is 5.31. The molecular formula is C76H154O10. The summed E-state index contributed by atoms with van der Waals surface area (Å²) >= 11 is 0. The van der Waals surface area contributed by atoms with Crippen LogP contribution in [0.4, 0.5) is 0 Å². The van der Waals surface area contributed by atoms with Crippen molar-refractivity contribution < 1.29 is 47.4 Å². The van der Waals surface area contributed by atoms with Gasteiger partial charge in [-0.05, 0) is 133 Å². The minimum atomic E-state index is 0. The summed E-state index contributed by atoms with van der Waals surface area (Å²) in [6, 6.07) is 0. The fourth-order valence-corrected chi connectivity index (χ4v) is 4.36. The molecule has 0 aromatic rings. The highest BCUT2D eigenvalue weighted by atomic mass is 16.5. The zero-order valence-corrected chi connectivity index (χ0v) is 60.6. The van der Waals surface area contributed by atoms with E-state index in [9.17, 15) is 0 Å². The Hall–Kier alpha value is -3.00. The molecule has 0 spiro atoms. The normalized spacial score (nSPS) is 10.2. The Morgan fingerprint density at radius 1 is 0.337 bits per heavy atom. The van der Waals surface area contributed by atoms with Gasteiger partial charge < -0.3 is 47.4 Å². The molecule has 0 aliphatic carbocycles. The van der Waals surface area contributed by atoms with Crippen molar-refractivity contribution in [3.05, 3.63) is 123 Å². The molecule has 0 radical (unpaired) electrons. The molecule has 2 unspecified atom stereocenters. The molecule has 0 aromatic carbocycles. The Morgan fingerprint density at radius 3 is 0.884 bits per heavy atom. The van der Waals surface area contributed by atoms with Crippen molar-refractivity contribution in [2.45, 2.75) is 254 Å². The van der Waals surface area contributed by atoms with Crippen LogP contribution in [0, 0.1) is 0 Å². The summed E-state index contributed by atoms with van der Waals surface area (Å²) in [7, 11) is 0. The van der Waals surface area contributed by atoms with Gasteiger partial charge in [0.05, 0.1) is 65.1 Å². The summed E-state index contributed by atoms with van der Waals surface area (Å²) in [6.45, 7) is 77.9. The van der Waals surface area contributed by atoms with Crippen molar-refractivity contribution in [2.24, 2.45) is 0 Å². The first kappa shape index (κ1) is 108. The minimum absolute atomic E-state index is 0. The molecule has 0 amide bonds. The summed E-state index contributed by atoms with van der Waals surface area (Å²) in [6.07, 6.45) is 37.2. The van der Waals surface area contributed by atoms with E-state index in [1.807, 2.05) is 71.9 Å². The van der Waals surface area contributed by atoms with Gasteiger partial charge in [0.1, 0.15) is 0 Å². The number of rotatable bonds is 45. The largest absolute Gasteiger partial charge is 0.377 e. The van der Waals surface area contributed by atoms with Gasteiger partial charge in [0.15, 0.2) is 0 Å². The zero-order valence-electron chi connectivity index (χ0n) is 60.6. The van der Waals surface area contributed by atoms with E-state index in [1.165, 1.54) is 56.1 Å². The molecular weight excluding hydrogens is 1070 g/mol. The van der Waals surface area contributed by atoms with Crippen molar-refractivity contribution in [1.29, 1.82) is 0 Å². The van der Waals surface area contributed by atoms with Gasteiger partial charge in [0, 0.05) is 66.1 Å². The molecule has 0 rings (SSSR count). The summed E-state index contributed by atoms with van der Waals surface area (Å²) in [5.41, 5.74) is 4.85. The van der Waals surface area contributed by atoms with Crippen LogP contribution >= 0.6 is 0 Å². The van der Waals surface area contributed by atoms with E-state index in [1.54, 1.807) is 18.2 Å². The molecule has 0 saturated carbocycles. The quantitative estimate of drug-likeness (QED) is 0.0434. The van der Waals surface area contributed by atoms with Crippen LogP contribution in [0.3, 0.4) is 0 Å². The molecule has 0 saturated heterocycles. The van der Waals surface area contributed by atoms with E-state index in [2.05, 4.69) is 149 Å². The van der Waals surface area contributed by atoms with Crippen molar-refractivity contribution in [1.82, 2.24) is 0 Å². The van der Waals surface area contributed by atoms with Gasteiger partial charge in [-0.3, -0.25) is 0 Å². The smallest absolute Gasteiger partial charge is 0.0725 e. The highest BCUT2D eigenvalue weighted by molar-refractivity contribution is 4.93. The van der Waals surface area contributed by atoms with Gasteiger partial charge >= 0.3 is 0 Å². The minimum Gasteiger partial charge on any atom is -0.377 e. The first-order valence-corrected chi connectivity index (χ1v) is 33.0. The SMILES string of the molecule is C.C/C=C/COCCC.C/C=C/COCCCC.C=C(C)COCCC.C=C(C)COCCCC.C=CC(C)OCCC.C=CC(C)OCCCC.C=CCOCCC.C=CCOCCCC.CCCCOCC=C(C)C.CCCOCC=C(C)C. The van der Waals surface area contributed by atoms with Gasteiger partial charge in [-0.15, -0.1) is 26.3 Å². The van der Waals surface area contributed by atoms with E-state index in [-0.39, 0.29) is 19.6 Å². The Labute approximate surface area is 540 Å². The van der Waals surface area contributed by atoms with Crippen LogP contribution in [0.2, 0.25) is 0 Å². The van der Waals surface area contributed by atoms with Crippen molar-refractivity contribution in [2.75, 3.05) is 119 Å². The lowest BCUT2D eigenvalue weighted by molar-refractivity contribution is 0.0952. The van der Waals surface area contributed by atoms with E-state index < -0.39 is 0 Å². The molecule has 10 heteroatoms. The molecule has 0 bridgehead atoms. The Morgan fingerprint density at radius 2 is 0.593 bits per heavy atom. The van der Waals surface area contributed by atoms with E-state index in [4.69, 9.17) is 47.4 Å². The lowest BCUT2D eigenvalue weighted by Gasteiger charge is -2.05. The number of hydrogen-bond donors (Lipinski definition) is 0.